The van der Waals surface area contributed by atoms with Crippen molar-refractivity contribution in [2.24, 2.45) is 5.92 Å². The van der Waals surface area contributed by atoms with Gasteiger partial charge in [-0.05, 0) is 49.1 Å². The minimum absolute atomic E-state index is 0.00223. The second-order valence-electron chi connectivity index (χ2n) is 6.31. The fourth-order valence-electron chi connectivity index (χ4n) is 3.00. The number of carbonyl (C=O) groups excluding carboxylic acids is 2. The van der Waals surface area contributed by atoms with Gasteiger partial charge in [-0.15, -0.1) is 0 Å². The number of nitrogens with zero attached hydrogens (tertiary/aromatic N) is 1. The van der Waals surface area contributed by atoms with E-state index in [-0.39, 0.29) is 11.9 Å². The van der Waals surface area contributed by atoms with Crippen molar-refractivity contribution >= 4 is 17.6 Å². The van der Waals surface area contributed by atoms with Gasteiger partial charge < -0.3 is 24.7 Å². The van der Waals surface area contributed by atoms with Crippen molar-refractivity contribution in [2.45, 2.75) is 12.8 Å². The number of benzene rings is 1. The molecule has 7 heteroatoms. The third kappa shape index (κ3) is 4.56. The number of rotatable bonds is 5. The molecule has 2 heterocycles. The summed E-state index contributed by atoms with van der Waals surface area (Å²) in [7, 11) is 1.60. The molecule has 0 atom stereocenters. The van der Waals surface area contributed by atoms with Crippen molar-refractivity contribution < 1.29 is 18.7 Å². The minimum atomic E-state index is -0.230. The van der Waals surface area contributed by atoms with E-state index in [1.807, 2.05) is 4.90 Å². The normalized spacial score (nSPS) is 14.7. The fraction of sp³-hybridized carbons (Fsp3) is 0.368. The standard InChI is InChI=1S/C19H23N3O4/c1-25-17-4-2-16(3-5-17)21-19(24)20-12-14-6-9-22(10-7-14)18(23)15-8-11-26-13-15/h2-5,8,11,13-14H,6-7,9-10,12H2,1H3,(H2,20,21,24). The third-order valence-electron chi connectivity index (χ3n) is 4.57. The first-order chi connectivity index (χ1) is 12.7. The zero-order valence-corrected chi connectivity index (χ0v) is 14.7. The zero-order valence-electron chi connectivity index (χ0n) is 14.7. The van der Waals surface area contributed by atoms with Gasteiger partial charge in [0, 0.05) is 25.3 Å². The number of piperidine rings is 1. The van der Waals surface area contributed by atoms with Crippen LogP contribution in [0.1, 0.15) is 23.2 Å². The maximum absolute atomic E-state index is 12.3. The second-order valence-corrected chi connectivity index (χ2v) is 6.31. The number of urea groups is 1. The number of carbonyl (C=O) groups is 2. The van der Waals surface area contributed by atoms with Crippen LogP contribution in [-0.2, 0) is 0 Å². The van der Waals surface area contributed by atoms with Crippen LogP contribution in [0, 0.1) is 5.92 Å². The highest BCUT2D eigenvalue weighted by atomic mass is 16.5. The number of hydrogen-bond donors (Lipinski definition) is 2. The molecule has 0 spiro atoms. The van der Waals surface area contributed by atoms with E-state index in [4.69, 9.17) is 9.15 Å². The van der Waals surface area contributed by atoms with E-state index < -0.39 is 0 Å². The van der Waals surface area contributed by atoms with Gasteiger partial charge in [-0.1, -0.05) is 0 Å². The van der Waals surface area contributed by atoms with E-state index in [9.17, 15) is 9.59 Å². The van der Waals surface area contributed by atoms with Gasteiger partial charge >= 0.3 is 6.03 Å². The molecule has 1 fully saturated rings. The molecule has 26 heavy (non-hydrogen) atoms. The molecular weight excluding hydrogens is 334 g/mol. The van der Waals surface area contributed by atoms with Gasteiger partial charge in [-0.25, -0.2) is 4.79 Å². The summed E-state index contributed by atoms with van der Waals surface area (Å²) in [6.07, 6.45) is 4.71. The molecule has 138 valence electrons. The lowest BCUT2D eigenvalue weighted by molar-refractivity contribution is 0.0690. The lowest BCUT2D eigenvalue weighted by atomic mass is 9.96. The molecule has 0 saturated carbocycles. The summed E-state index contributed by atoms with van der Waals surface area (Å²) in [5.41, 5.74) is 1.30. The minimum Gasteiger partial charge on any atom is -0.497 e. The summed E-state index contributed by atoms with van der Waals surface area (Å²) in [6.45, 7) is 1.97. The molecule has 2 aromatic rings. The summed E-state index contributed by atoms with van der Waals surface area (Å²) in [5, 5.41) is 5.70. The molecule has 3 amide bonds. The van der Waals surface area contributed by atoms with Crippen LogP contribution in [0.3, 0.4) is 0 Å². The zero-order chi connectivity index (χ0) is 18.4. The first kappa shape index (κ1) is 17.8. The maximum Gasteiger partial charge on any atom is 0.319 e. The van der Waals surface area contributed by atoms with Crippen LogP contribution in [0.15, 0.2) is 47.3 Å². The number of likely N-dealkylation sites (tertiary alicyclic amines) is 1. The van der Waals surface area contributed by atoms with Gasteiger partial charge in [0.05, 0.1) is 18.9 Å². The van der Waals surface area contributed by atoms with Crippen LogP contribution in [0.5, 0.6) is 5.75 Å². The predicted molar refractivity (Wildman–Crippen MR) is 97.4 cm³/mol. The number of methoxy groups -OCH3 is 1. The topological polar surface area (TPSA) is 83.8 Å². The summed E-state index contributed by atoms with van der Waals surface area (Å²) < 4.78 is 10.1. The van der Waals surface area contributed by atoms with Crippen molar-refractivity contribution in [3.8, 4) is 5.75 Å². The first-order valence-corrected chi connectivity index (χ1v) is 8.66. The molecule has 0 radical (unpaired) electrons. The van der Waals surface area contributed by atoms with Gasteiger partial charge in [0.2, 0.25) is 0 Å². The molecule has 1 aliphatic rings. The molecule has 3 rings (SSSR count). The number of amides is 3. The Balaban J connectivity index is 1.39. The summed E-state index contributed by atoms with van der Waals surface area (Å²) in [5.74, 6) is 1.11. The Morgan fingerprint density at radius 3 is 2.54 bits per heavy atom. The Labute approximate surface area is 152 Å². The van der Waals surface area contributed by atoms with E-state index in [1.165, 1.54) is 12.5 Å². The van der Waals surface area contributed by atoms with Gasteiger partial charge in [0.15, 0.2) is 0 Å². The second kappa shape index (κ2) is 8.42. The van der Waals surface area contributed by atoms with Gasteiger partial charge in [-0.2, -0.15) is 0 Å². The maximum atomic E-state index is 12.3. The fourth-order valence-corrected chi connectivity index (χ4v) is 3.00. The van der Waals surface area contributed by atoms with Crippen LogP contribution in [-0.4, -0.2) is 43.6 Å². The van der Waals surface area contributed by atoms with Crippen molar-refractivity contribution in [3.63, 3.8) is 0 Å². The smallest absolute Gasteiger partial charge is 0.319 e. The average molecular weight is 357 g/mol. The van der Waals surface area contributed by atoms with E-state index in [1.54, 1.807) is 37.4 Å². The lowest BCUT2D eigenvalue weighted by Crippen LogP contribution is -2.42. The van der Waals surface area contributed by atoms with Crippen LogP contribution >= 0.6 is 0 Å². The van der Waals surface area contributed by atoms with Gasteiger partial charge in [-0.3, -0.25) is 4.79 Å². The predicted octanol–water partition coefficient (Wildman–Crippen LogP) is 2.96. The van der Waals surface area contributed by atoms with Crippen molar-refractivity contribution in [1.29, 1.82) is 0 Å². The molecule has 0 unspecified atom stereocenters. The summed E-state index contributed by atoms with van der Waals surface area (Å²) >= 11 is 0. The highest BCUT2D eigenvalue weighted by molar-refractivity contribution is 5.93. The largest absolute Gasteiger partial charge is 0.497 e. The van der Waals surface area contributed by atoms with Crippen LogP contribution in [0.4, 0.5) is 10.5 Å². The molecule has 0 bridgehead atoms. The van der Waals surface area contributed by atoms with Crippen LogP contribution in [0.2, 0.25) is 0 Å². The van der Waals surface area contributed by atoms with E-state index >= 15 is 0 Å². The lowest BCUT2D eigenvalue weighted by Gasteiger charge is -2.31. The van der Waals surface area contributed by atoms with E-state index in [2.05, 4.69) is 10.6 Å². The molecule has 0 aliphatic carbocycles. The average Bonchev–Trinajstić information content (AvgIpc) is 3.21. The molecule has 2 N–H and O–H groups in total. The Hall–Kier alpha value is -2.96. The Morgan fingerprint density at radius 2 is 1.92 bits per heavy atom. The van der Waals surface area contributed by atoms with Crippen molar-refractivity contribution in [3.05, 3.63) is 48.4 Å². The highest BCUT2D eigenvalue weighted by Crippen LogP contribution is 2.19. The molecule has 1 aromatic carbocycles. The summed E-state index contributed by atoms with van der Waals surface area (Å²) in [4.78, 5) is 26.1. The number of hydrogen-bond acceptors (Lipinski definition) is 4. The Bertz CT molecular complexity index is 720. The molecule has 7 nitrogen and oxygen atoms in total. The SMILES string of the molecule is COc1ccc(NC(=O)NCC2CCN(C(=O)c3ccoc3)CC2)cc1. The Kier molecular flexibility index (Phi) is 5.78. The monoisotopic (exact) mass is 357 g/mol. The number of nitrogens with one attached hydrogen (secondary N) is 2. The van der Waals surface area contributed by atoms with Gasteiger partial charge in [0.25, 0.3) is 5.91 Å². The van der Waals surface area contributed by atoms with Crippen molar-refractivity contribution in [2.75, 3.05) is 32.1 Å². The molecule has 1 saturated heterocycles. The van der Waals surface area contributed by atoms with Crippen LogP contribution in [0.25, 0.3) is 0 Å². The Morgan fingerprint density at radius 1 is 1.19 bits per heavy atom. The van der Waals surface area contributed by atoms with Gasteiger partial charge in [0.1, 0.15) is 12.0 Å². The quantitative estimate of drug-likeness (QED) is 0.862. The highest BCUT2D eigenvalue weighted by Gasteiger charge is 2.24. The molecular formula is C19H23N3O4. The number of furan rings is 1. The van der Waals surface area contributed by atoms with Crippen molar-refractivity contribution in [1.82, 2.24) is 10.2 Å². The molecule has 1 aromatic heterocycles. The number of anilines is 1. The third-order valence-corrected chi connectivity index (χ3v) is 4.57. The number of ether oxygens (including phenoxy) is 1. The first-order valence-electron chi connectivity index (χ1n) is 8.66. The molecule has 1 aliphatic heterocycles. The summed E-state index contributed by atoms with van der Waals surface area (Å²) in [6, 6.07) is 8.62. The van der Waals surface area contributed by atoms with E-state index in [0.29, 0.717) is 36.8 Å². The van der Waals surface area contributed by atoms with Crippen LogP contribution < -0.4 is 15.4 Å². The van der Waals surface area contributed by atoms with E-state index in [0.717, 1.165) is 18.6 Å².